The van der Waals surface area contributed by atoms with Crippen molar-refractivity contribution in [3.63, 3.8) is 0 Å². The maximum Gasteiger partial charge on any atom is 0.355 e. The molecule has 9 nitrogen and oxygen atoms in total. The number of terminal acetylenes is 1. The van der Waals surface area contributed by atoms with Gasteiger partial charge >= 0.3 is 5.97 Å². The molecule has 1 aliphatic rings. The van der Waals surface area contributed by atoms with Crippen LogP contribution in [0.1, 0.15) is 34.9 Å². The number of H-pyrrole nitrogens is 1. The average Bonchev–Trinajstić information content (AvgIpc) is 3.52. The summed E-state index contributed by atoms with van der Waals surface area (Å²) >= 11 is 1.21. The third-order valence-electron chi connectivity index (χ3n) is 5.36. The van der Waals surface area contributed by atoms with Gasteiger partial charge in [-0.1, -0.05) is 5.92 Å². The van der Waals surface area contributed by atoms with Gasteiger partial charge in [0.05, 0.1) is 12.1 Å². The lowest BCUT2D eigenvalue weighted by Gasteiger charge is -2.31. The van der Waals surface area contributed by atoms with Crippen molar-refractivity contribution < 1.29 is 24.2 Å². The van der Waals surface area contributed by atoms with Gasteiger partial charge in [-0.25, -0.2) is 14.2 Å². The summed E-state index contributed by atoms with van der Waals surface area (Å²) in [7, 11) is 0. The Morgan fingerprint density at radius 2 is 1.94 bits per heavy atom. The number of amides is 1. The van der Waals surface area contributed by atoms with E-state index in [4.69, 9.17) is 10.8 Å². The number of carboxylic acids is 1. The first-order chi connectivity index (χ1) is 16.4. The minimum Gasteiger partial charge on any atom is -0.476 e. The Morgan fingerprint density at radius 1 is 1.29 bits per heavy atom. The smallest absolute Gasteiger partial charge is 0.355 e. The highest BCUT2D eigenvalue weighted by molar-refractivity contribution is 7.13. The van der Waals surface area contributed by atoms with Crippen molar-refractivity contribution >= 4 is 23.2 Å². The standard InChI is InChI=1S/C20H19FN4O4S.C3H5N/c21-13-3-1-11(2-4-13)17-16(19-22-14(10-30-19)20(28)29)18(24-23-17)12-5-7-25(8-6-12)15(27)9-26;1-2-3-4/h1-4,10,12,26H,5-9H2,(H,23,24)(H,28,29);1H,3-4H2. The van der Waals surface area contributed by atoms with Crippen LogP contribution in [0.15, 0.2) is 29.6 Å². The predicted molar refractivity (Wildman–Crippen MR) is 126 cm³/mol. The number of aromatic amines is 1. The Morgan fingerprint density at radius 3 is 2.47 bits per heavy atom. The highest BCUT2D eigenvalue weighted by Crippen LogP contribution is 2.41. The molecule has 0 bridgehead atoms. The lowest BCUT2D eigenvalue weighted by molar-refractivity contribution is -0.135. The van der Waals surface area contributed by atoms with Crippen LogP contribution in [0.3, 0.4) is 0 Å². The molecule has 2 aromatic heterocycles. The van der Waals surface area contributed by atoms with Gasteiger partial charge in [0.2, 0.25) is 5.91 Å². The van der Waals surface area contributed by atoms with Crippen LogP contribution in [0.2, 0.25) is 0 Å². The summed E-state index contributed by atoms with van der Waals surface area (Å²) in [5, 5.41) is 27.8. The van der Waals surface area contributed by atoms with Gasteiger partial charge in [0.15, 0.2) is 5.69 Å². The molecule has 1 amide bonds. The first kappa shape index (κ1) is 25.0. The summed E-state index contributed by atoms with van der Waals surface area (Å²) in [5.74, 6) is 0.499. The molecule has 0 atom stereocenters. The van der Waals surface area contributed by atoms with Crippen molar-refractivity contribution in [2.45, 2.75) is 18.8 Å². The van der Waals surface area contributed by atoms with Crippen molar-refractivity contribution in [3.8, 4) is 34.2 Å². The number of aliphatic hydroxyl groups is 1. The number of aromatic carboxylic acids is 1. The molecule has 5 N–H and O–H groups in total. The number of rotatable bonds is 5. The molecule has 1 fully saturated rings. The summed E-state index contributed by atoms with van der Waals surface area (Å²) in [4.78, 5) is 28.9. The summed E-state index contributed by atoms with van der Waals surface area (Å²) in [6.45, 7) is 0.852. The molecule has 1 aliphatic heterocycles. The van der Waals surface area contributed by atoms with E-state index in [0.29, 0.717) is 54.3 Å². The number of carbonyl (C=O) groups is 2. The Hall–Kier alpha value is -3.59. The molecule has 0 spiro atoms. The number of aliphatic hydroxyl groups excluding tert-OH is 1. The first-order valence-electron chi connectivity index (χ1n) is 10.4. The molecule has 4 rings (SSSR count). The molecule has 34 heavy (non-hydrogen) atoms. The number of aromatic nitrogens is 3. The fourth-order valence-electron chi connectivity index (χ4n) is 3.69. The number of nitrogens with one attached hydrogen (secondary N) is 1. The quantitative estimate of drug-likeness (QED) is 0.406. The fourth-order valence-corrected chi connectivity index (χ4v) is 4.54. The van der Waals surface area contributed by atoms with Crippen molar-refractivity contribution in [2.24, 2.45) is 5.73 Å². The van der Waals surface area contributed by atoms with Gasteiger partial charge in [0, 0.05) is 35.6 Å². The van der Waals surface area contributed by atoms with Crippen molar-refractivity contribution in [1.29, 1.82) is 0 Å². The molecular weight excluding hydrogens is 461 g/mol. The first-order valence-corrected chi connectivity index (χ1v) is 11.3. The number of carboxylic acid groups (broad SMARTS) is 1. The molecule has 0 aliphatic carbocycles. The van der Waals surface area contributed by atoms with Gasteiger partial charge in [0.25, 0.3) is 0 Å². The third kappa shape index (κ3) is 5.66. The Bertz CT molecular complexity index is 1180. The van der Waals surface area contributed by atoms with Gasteiger partial charge in [-0.15, -0.1) is 17.8 Å². The van der Waals surface area contributed by atoms with E-state index in [1.807, 2.05) is 0 Å². The Balaban J connectivity index is 0.000000751. The molecule has 1 saturated heterocycles. The lowest BCUT2D eigenvalue weighted by atomic mass is 9.90. The van der Waals surface area contributed by atoms with Gasteiger partial charge in [-0.3, -0.25) is 9.89 Å². The monoisotopic (exact) mass is 485 g/mol. The second kappa shape index (κ2) is 11.5. The van der Waals surface area contributed by atoms with Gasteiger partial charge in [-0.2, -0.15) is 5.10 Å². The third-order valence-corrected chi connectivity index (χ3v) is 6.22. The van der Waals surface area contributed by atoms with Gasteiger partial charge in [-0.05, 0) is 37.1 Å². The minimum atomic E-state index is -1.11. The van der Waals surface area contributed by atoms with E-state index in [-0.39, 0.29) is 23.3 Å². The van der Waals surface area contributed by atoms with Gasteiger partial charge in [0.1, 0.15) is 23.1 Å². The van der Waals surface area contributed by atoms with E-state index in [1.54, 1.807) is 17.0 Å². The van der Waals surface area contributed by atoms with Crippen LogP contribution in [0.25, 0.3) is 21.8 Å². The SMILES string of the molecule is C#CCN.O=C(O)c1csc(-c2c(-c3ccc(F)cc3)n[nH]c2C2CCN(C(=O)CO)CC2)n1. The van der Waals surface area contributed by atoms with Crippen LogP contribution in [0, 0.1) is 18.2 Å². The van der Waals surface area contributed by atoms with Crippen LogP contribution >= 0.6 is 11.3 Å². The largest absolute Gasteiger partial charge is 0.476 e. The van der Waals surface area contributed by atoms with Crippen LogP contribution in [-0.2, 0) is 4.79 Å². The molecule has 0 radical (unpaired) electrons. The Kier molecular flexibility index (Phi) is 8.48. The summed E-state index contributed by atoms with van der Waals surface area (Å²) in [6, 6.07) is 5.92. The summed E-state index contributed by atoms with van der Waals surface area (Å²) in [6.07, 6.45) is 5.99. The number of nitrogens with zero attached hydrogens (tertiary/aromatic N) is 3. The predicted octanol–water partition coefficient (Wildman–Crippen LogP) is 2.31. The van der Waals surface area contributed by atoms with E-state index >= 15 is 0 Å². The zero-order valence-corrected chi connectivity index (χ0v) is 19.0. The van der Waals surface area contributed by atoms with E-state index in [9.17, 15) is 19.1 Å². The number of benzene rings is 1. The second-order valence-electron chi connectivity index (χ2n) is 7.43. The lowest BCUT2D eigenvalue weighted by Crippen LogP contribution is -2.39. The molecule has 0 unspecified atom stereocenters. The van der Waals surface area contributed by atoms with Crippen molar-refractivity contribution in [3.05, 3.63) is 46.9 Å². The van der Waals surface area contributed by atoms with E-state index in [0.717, 1.165) is 5.69 Å². The highest BCUT2D eigenvalue weighted by atomic mass is 32.1. The van der Waals surface area contributed by atoms with Crippen LogP contribution in [0.5, 0.6) is 0 Å². The van der Waals surface area contributed by atoms with Gasteiger partial charge < -0.3 is 20.8 Å². The zero-order valence-electron chi connectivity index (χ0n) is 18.2. The summed E-state index contributed by atoms with van der Waals surface area (Å²) < 4.78 is 13.4. The number of thiazole rings is 1. The molecule has 3 heterocycles. The van der Waals surface area contributed by atoms with Crippen LogP contribution in [-0.4, -0.2) is 68.4 Å². The normalized spacial score (nSPS) is 13.6. The highest BCUT2D eigenvalue weighted by Gasteiger charge is 2.30. The number of hydrogen-bond donors (Lipinski definition) is 4. The number of likely N-dealkylation sites (tertiary alicyclic amines) is 1. The maximum atomic E-state index is 13.4. The molecule has 178 valence electrons. The fraction of sp³-hybridized carbons (Fsp3) is 0.304. The van der Waals surface area contributed by atoms with E-state index < -0.39 is 12.6 Å². The summed E-state index contributed by atoms with van der Waals surface area (Å²) in [5.41, 5.74) is 7.53. The minimum absolute atomic E-state index is 0.0458. The Labute approximate surface area is 199 Å². The average molecular weight is 486 g/mol. The molecule has 11 heteroatoms. The zero-order chi connectivity index (χ0) is 24.7. The second-order valence-corrected chi connectivity index (χ2v) is 8.29. The maximum absolute atomic E-state index is 13.4. The molecule has 3 aromatic rings. The van der Waals surface area contributed by atoms with Crippen molar-refractivity contribution in [1.82, 2.24) is 20.1 Å². The molecular formula is C23H24FN5O4S. The molecule has 1 aromatic carbocycles. The van der Waals surface area contributed by atoms with E-state index in [1.165, 1.54) is 28.8 Å². The number of halogens is 1. The molecule has 0 saturated carbocycles. The van der Waals surface area contributed by atoms with Crippen molar-refractivity contribution in [2.75, 3.05) is 26.2 Å². The topological polar surface area (TPSA) is 145 Å². The number of carbonyl (C=O) groups excluding carboxylic acids is 1. The van der Waals surface area contributed by atoms with Crippen LogP contribution in [0.4, 0.5) is 4.39 Å². The number of nitrogens with two attached hydrogens (primary N) is 1. The number of piperidine rings is 1. The number of hydrogen-bond acceptors (Lipinski definition) is 7. The van der Waals surface area contributed by atoms with E-state index in [2.05, 4.69) is 27.5 Å². The van der Waals surface area contributed by atoms with Crippen LogP contribution < -0.4 is 5.73 Å².